The van der Waals surface area contributed by atoms with Crippen molar-refractivity contribution in [1.82, 2.24) is 9.97 Å². The van der Waals surface area contributed by atoms with Crippen molar-refractivity contribution in [1.29, 1.82) is 0 Å². The number of imidazole rings is 1. The molecule has 0 aliphatic heterocycles. The molecule has 1 heterocycles. The Morgan fingerprint density at radius 1 is 1.35 bits per heavy atom. The third-order valence-corrected chi connectivity index (χ3v) is 3.11. The van der Waals surface area contributed by atoms with Gasteiger partial charge in [0.1, 0.15) is 0 Å². The largest absolute Gasteiger partial charge is 0.370 e. The van der Waals surface area contributed by atoms with Gasteiger partial charge >= 0.3 is 0 Å². The second-order valence-corrected chi connectivity index (χ2v) is 4.62. The van der Waals surface area contributed by atoms with Crippen molar-refractivity contribution >= 4 is 17.7 Å². The molecule has 0 saturated carbocycles. The van der Waals surface area contributed by atoms with Crippen LogP contribution in [0.2, 0.25) is 0 Å². The van der Waals surface area contributed by atoms with E-state index >= 15 is 0 Å². The summed E-state index contributed by atoms with van der Waals surface area (Å²) in [4.78, 5) is 18.0. The number of benzene rings is 1. The number of aromatic amines is 1. The third kappa shape index (κ3) is 3.35. The topological polar surface area (TPSA) is 71.8 Å². The van der Waals surface area contributed by atoms with Crippen LogP contribution in [0.25, 0.3) is 11.3 Å². The lowest BCUT2D eigenvalue weighted by Gasteiger charge is -1.96. The molecule has 1 aromatic heterocycles. The van der Waals surface area contributed by atoms with Crippen LogP contribution < -0.4 is 5.73 Å². The van der Waals surface area contributed by atoms with E-state index in [0.717, 1.165) is 16.4 Å². The summed E-state index contributed by atoms with van der Waals surface area (Å²) in [5.74, 6) is 0.365. The maximum absolute atomic E-state index is 10.6. The Balaban J connectivity index is 1.99. The number of carbonyl (C=O) groups excluding carboxylic acids is 1. The Hall–Kier alpha value is -1.75. The predicted octanol–water partition coefficient (Wildman–Crippen LogP) is 2.04. The number of H-pyrrole nitrogens is 1. The molecule has 2 aromatic rings. The Kier molecular flexibility index (Phi) is 3.82. The number of nitrogens with two attached hydrogens (primary N) is 1. The Bertz CT molecular complexity index is 495. The quantitative estimate of drug-likeness (QED) is 0.794. The van der Waals surface area contributed by atoms with E-state index in [1.807, 2.05) is 30.3 Å². The number of nitrogens with one attached hydrogen (secondary N) is 1. The van der Waals surface area contributed by atoms with Crippen LogP contribution in [0, 0.1) is 0 Å². The summed E-state index contributed by atoms with van der Waals surface area (Å²) in [6.07, 6.45) is 2.16. The lowest BCUT2D eigenvalue weighted by atomic mass is 10.2. The number of thioether (sulfide) groups is 1. The normalized spacial score (nSPS) is 10.4. The Morgan fingerprint density at radius 3 is 2.82 bits per heavy atom. The number of aromatic nitrogens is 2. The molecule has 3 N–H and O–H groups in total. The summed E-state index contributed by atoms with van der Waals surface area (Å²) in [5, 5.41) is 0.810. The minimum Gasteiger partial charge on any atom is -0.370 e. The minimum atomic E-state index is -0.285. The molecule has 0 fully saturated rings. The lowest BCUT2D eigenvalue weighted by molar-refractivity contribution is -0.117. The second kappa shape index (κ2) is 5.54. The van der Waals surface area contributed by atoms with E-state index in [0.29, 0.717) is 12.2 Å². The van der Waals surface area contributed by atoms with Gasteiger partial charge in [-0.2, -0.15) is 0 Å². The van der Waals surface area contributed by atoms with Crippen molar-refractivity contribution in [2.45, 2.75) is 11.6 Å². The molecule has 0 saturated heterocycles. The highest BCUT2D eigenvalue weighted by Gasteiger charge is 2.03. The van der Waals surface area contributed by atoms with Gasteiger partial charge in [-0.25, -0.2) is 4.98 Å². The second-order valence-electron chi connectivity index (χ2n) is 3.53. The van der Waals surface area contributed by atoms with Gasteiger partial charge in [0.25, 0.3) is 0 Å². The number of primary amides is 1. The van der Waals surface area contributed by atoms with Crippen LogP contribution in [0.4, 0.5) is 0 Å². The van der Waals surface area contributed by atoms with Crippen molar-refractivity contribution in [2.24, 2.45) is 5.73 Å². The van der Waals surface area contributed by atoms with Gasteiger partial charge in [-0.3, -0.25) is 4.79 Å². The summed E-state index contributed by atoms with van der Waals surface area (Å²) >= 11 is 1.50. The van der Waals surface area contributed by atoms with Gasteiger partial charge in [0.15, 0.2) is 5.16 Å². The number of hydrogen-bond donors (Lipinski definition) is 2. The van der Waals surface area contributed by atoms with Gasteiger partial charge < -0.3 is 10.7 Å². The van der Waals surface area contributed by atoms with Crippen LogP contribution in [0.5, 0.6) is 0 Å². The molecule has 0 bridgehead atoms. The van der Waals surface area contributed by atoms with E-state index < -0.39 is 0 Å². The van der Waals surface area contributed by atoms with Crippen LogP contribution in [0.3, 0.4) is 0 Å². The Morgan fingerprint density at radius 2 is 2.12 bits per heavy atom. The van der Waals surface area contributed by atoms with Crippen LogP contribution >= 0.6 is 11.8 Å². The van der Waals surface area contributed by atoms with Crippen molar-refractivity contribution in [3.8, 4) is 11.3 Å². The first kappa shape index (κ1) is 11.7. The van der Waals surface area contributed by atoms with Gasteiger partial charge in [-0.15, -0.1) is 0 Å². The van der Waals surface area contributed by atoms with E-state index in [1.165, 1.54) is 11.8 Å². The van der Waals surface area contributed by atoms with Crippen molar-refractivity contribution in [3.63, 3.8) is 0 Å². The fourth-order valence-corrected chi connectivity index (χ4v) is 2.19. The summed E-state index contributed by atoms with van der Waals surface area (Å²) in [5.41, 5.74) is 7.15. The molecule has 0 radical (unpaired) electrons. The van der Waals surface area contributed by atoms with Gasteiger partial charge in [-0.05, 0) is 5.56 Å². The highest BCUT2D eigenvalue weighted by molar-refractivity contribution is 7.99. The first-order valence-electron chi connectivity index (χ1n) is 5.27. The number of hydrogen-bond acceptors (Lipinski definition) is 3. The molecule has 0 aliphatic carbocycles. The Labute approximate surface area is 104 Å². The zero-order chi connectivity index (χ0) is 12.1. The molecule has 1 aromatic carbocycles. The van der Waals surface area contributed by atoms with Gasteiger partial charge in [-0.1, -0.05) is 42.1 Å². The van der Waals surface area contributed by atoms with E-state index in [4.69, 9.17) is 5.73 Å². The van der Waals surface area contributed by atoms with Crippen molar-refractivity contribution < 1.29 is 4.79 Å². The average Bonchev–Trinajstić information content (AvgIpc) is 2.78. The van der Waals surface area contributed by atoms with E-state index in [-0.39, 0.29) is 5.91 Å². The van der Waals surface area contributed by atoms with E-state index in [1.54, 1.807) is 6.20 Å². The molecular weight excluding hydrogens is 234 g/mol. The van der Waals surface area contributed by atoms with Crippen molar-refractivity contribution in [2.75, 3.05) is 5.75 Å². The van der Waals surface area contributed by atoms with Gasteiger partial charge in [0.2, 0.25) is 5.91 Å². The third-order valence-electron chi connectivity index (χ3n) is 2.22. The van der Waals surface area contributed by atoms with Crippen LogP contribution in [-0.2, 0) is 4.79 Å². The number of nitrogens with zero attached hydrogens (tertiary/aromatic N) is 1. The zero-order valence-electron chi connectivity index (χ0n) is 9.22. The van der Waals surface area contributed by atoms with Gasteiger partial charge in [0.05, 0.1) is 11.9 Å². The highest BCUT2D eigenvalue weighted by Crippen LogP contribution is 2.21. The molecule has 0 atom stereocenters. The first-order chi connectivity index (χ1) is 8.25. The SMILES string of the molecule is NC(=O)CCSc1ncc(-c2ccccc2)[nH]1. The maximum atomic E-state index is 10.6. The van der Waals surface area contributed by atoms with E-state index in [9.17, 15) is 4.79 Å². The molecule has 2 rings (SSSR count). The molecule has 5 heteroatoms. The zero-order valence-corrected chi connectivity index (χ0v) is 10.0. The summed E-state index contributed by atoms with van der Waals surface area (Å²) in [6.45, 7) is 0. The molecule has 4 nitrogen and oxygen atoms in total. The highest BCUT2D eigenvalue weighted by atomic mass is 32.2. The fourth-order valence-electron chi connectivity index (χ4n) is 1.39. The molecular formula is C12H13N3OS. The summed E-state index contributed by atoms with van der Waals surface area (Å²) in [7, 11) is 0. The van der Waals surface area contributed by atoms with Crippen LogP contribution in [0.15, 0.2) is 41.7 Å². The standard InChI is InChI=1S/C12H13N3OS/c13-11(16)6-7-17-12-14-8-10(15-12)9-4-2-1-3-5-9/h1-5,8H,6-7H2,(H2,13,16)(H,14,15). The molecule has 1 amide bonds. The summed E-state index contributed by atoms with van der Waals surface area (Å²) in [6, 6.07) is 9.98. The maximum Gasteiger partial charge on any atom is 0.218 e. The van der Waals surface area contributed by atoms with Crippen molar-refractivity contribution in [3.05, 3.63) is 36.5 Å². The number of carbonyl (C=O) groups is 1. The number of rotatable bonds is 5. The smallest absolute Gasteiger partial charge is 0.218 e. The molecule has 88 valence electrons. The lowest BCUT2D eigenvalue weighted by Crippen LogP contribution is -2.10. The minimum absolute atomic E-state index is 0.285. The fraction of sp³-hybridized carbons (Fsp3) is 0.167. The molecule has 17 heavy (non-hydrogen) atoms. The predicted molar refractivity (Wildman–Crippen MR) is 68.6 cm³/mol. The molecule has 0 unspecified atom stereocenters. The number of amides is 1. The molecule has 0 aliphatic rings. The first-order valence-corrected chi connectivity index (χ1v) is 6.26. The van der Waals surface area contributed by atoms with Crippen LogP contribution in [-0.4, -0.2) is 21.6 Å². The monoisotopic (exact) mass is 247 g/mol. The molecule has 0 spiro atoms. The van der Waals surface area contributed by atoms with Gasteiger partial charge in [0, 0.05) is 12.2 Å². The average molecular weight is 247 g/mol. The van der Waals surface area contributed by atoms with Crippen LogP contribution in [0.1, 0.15) is 6.42 Å². The van der Waals surface area contributed by atoms with E-state index in [2.05, 4.69) is 9.97 Å². The summed E-state index contributed by atoms with van der Waals surface area (Å²) < 4.78 is 0.